The van der Waals surface area contributed by atoms with Crippen molar-refractivity contribution in [3.8, 4) is 11.1 Å². The van der Waals surface area contributed by atoms with Gasteiger partial charge in [-0.1, -0.05) is 103 Å². The summed E-state index contributed by atoms with van der Waals surface area (Å²) in [5.74, 6) is -0.703. The average molecular weight is 446 g/mol. The van der Waals surface area contributed by atoms with Crippen LogP contribution in [0.2, 0.25) is 0 Å². The minimum atomic E-state index is -1.02. The van der Waals surface area contributed by atoms with E-state index >= 15 is 0 Å². The van der Waals surface area contributed by atoms with Gasteiger partial charge >= 0.3 is 5.97 Å². The van der Waals surface area contributed by atoms with Gasteiger partial charge in [-0.05, 0) is 22.8 Å². The summed E-state index contributed by atoms with van der Waals surface area (Å²) in [5.41, 5.74) is 5.04. The number of aromatic nitrogens is 1. The number of ketones is 1. The van der Waals surface area contributed by atoms with Crippen LogP contribution in [0.15, 0.2) is 115 Å². The zero-order valence-electron chi connectivity index (χ0n) is 18.5. The van der Waals surface area contributed by atoms with Gasteiger partial charge in [-0.25, -0.2) is 0 Å². The summed E-state index contributed by atoms with van der Waals surface area (Å²) >= 11 is 0. The molecule has 4 heteroatoms. The summed E-state index contributed by atoms with van der Waals surface area (Å²) in [7, 11) is 0. The molecule has 0 bridgehead atoms. The lowest BCUT2D eigenvalue weighted by Crippen LogP contribution is -2.21. The fraction of sp³-hybridized carbons (Fsp3) is 0.0667. The molecule has 166 valence electrons. The number of hydrogen-bond donors (Lipinski definition) is 1. The molecule has 1 N–H and O–H groups in total. The standard InChI is InChI=1S/C30H23NO3/c32-28(19-21-15-17-23(18-16-21)22-9-3-1-4-10-22)34-30(24-11-5-2-6-12-24)29(33)26-20-31-27-14-8-7-13-25(26)27/h1-18,20,30-31H,19H2. The Hall–Kier alpha value is -4.44. The van der Waals surface area contributed by atoms with Crippen LogP contribution in [0.1, 0.15) is 27.6 Å². The largest absolute Gasteiger partial charge is 0.449 e. The average Bonchev–Trinajstić information content (AvgIpc) is 3.33. The van der Waals surface area contributed by atoms with Crippen molar-refractivity contribution in [1.82, 2.24) is 4.98 Å². The van der Waals surface area contributed by atoms with Gasteiger partial charge in [-0.2, -0.15) is 0 Å². The van der Waals surface area contributed by atoms with E-state index in [9.17, 15) is 9.59 Å². The summed E-state index contributed by atoms with van der Waals surface area (Å²) in [4.78, 5) is 29.5. The van der Waals surface area contributed by atoms with E-state index in [1.165, 1.54) is 0 Å². The van der Waals surface area contributed by atoms with Crippen LogP contribution >= 0.6 is 0 Å². The first kappa shape index (κ1) is 21.4. The van der Waals surface area contributed by atoms with E-state index in [1.54, 1.807) is 18.3 Å². The number of ether oxygens (including phenoxy) is 1. The molecule has 4 nitrogen and oxygen atoms in total. The summed E-state index contributed by atoms with van der Waals surface area (Å²) < 4.78 is 5.79. The first-order chi connectivity index (χ1) is 16.7. The molecule has 0 aliphatic rings. The van der Waals surface area contributed by atoms with Gasteiger partial charge in [-0.3, -0.25) is 9.59 Å². The summed E-state index contributed by atoms with van der Waals surface area (Å²) in [5, 5.41) is 0.806. The van der Waals surface area contributed by atoms with E-state index in [-0.39, 0.29) is 12.2 Å². The number of aromatic amines is 1. The highest BCUT2D eigenvalue weighted by molar-refractivity contribution is 6.10. The number of nitrogens with one attached hydrogen (secondary N) is 1. The quantitative estimate of drug-likeness (QED) is 0.228. The number of Topliss-reactive ketones (excluding diaryl/α,β-unsaturated/α-hetero) is 1. The van der Waals surface area contributed by atoms with Crippen LogP contribution in [0.25, 0.3) is 22.0 Å². The topological polar surface area (TPSA) is 59.2 Å². The van der Waals surface area contributed by atoms with Crippen molar-refractivity contribution in [3.63, 3.8) is 0 Å². The molecular formula is C30H23NO3. The van der Waals surface area contributed by atoms with Gasteiger partial charge in [0.05, 0.1) is 6.42 Å². The molecule has 0 aliphatic heterocycles. The predicted octanol–water partition coefficient (Wildman–Crippen LogP) is 6.54. The molecule has 0 fully saturated rings. The maximum atomic E-state index is 13.5. The highest BCUT2D eigenvalue weighted by Gasteiger charge is 2.28. The monoisotopic (exact) mass is 445 g/mol. The lowest BCUT2D eigenvalue weighted by molar-refractivity contribution is -0.146. The fourth-order valence-electron chi connectivity index (χ4n) is 4.10. The number of para-hydroxylation sites is 1. The number of fused-ring (bicyclic) bond motifs is 1. The SMILES string of the molecule is O=C(Cc1ccc(-c2ccccc2)cc1)OC(C(=O)c1c[nH]c2ccccc12)c1ccccc1. The highest BCUT2D eigenvalue weighted by Crippen LogP contribution is 2.28. The molecular weight excluding hydrogens is 422 g/mol. The van der Waals surface area contributed by atoms with E-state index in [1.807, 2.05) is 97.1 Å². The molecule has 1 atom stereocenters. The van der Waals surface area contributed by atoms with Crippen molar-refractivity contribution in [1.29, 1.82) is 0 Å². The number of benzene rings is 4. The van der Waals surface area contributed by atoms with E-state index in [0.717, 1.165) is 27.6 Å². The van der Waals surface area contributed by atoms with E-state index in [4.69, 9.17) is 4.74 Å². The first-order valence-electron chi connectivity index (χ1n) is 11.2. The smallest absolute Gasteiger partial charge is 0.311 e. The molecule has 0 spiro atoms. The van der Waals surface area contributed by atoms with Crippen LogP contribution in [0.4, 0.5) is 0 Å². The molecule has 1 aromatic heterocycles. The van der Waals surface area contributed by atoms with Crippen LogP contribution in [-0.4, -0.2) is 16.7 Å². The van der Waals surface area contributed by atoms with Gasteiger partial charge < -0.3 is 9.72 Å². The second-order valence-electron chi connectivity index (χ2n) is 8.13. The van der Waals surface area contributed by atoms with Crippen LogP contribution in [0, 0.1) is 0 Å². The summed E-state index contributed by atoms with van der Waals surface area (Å²) in [6, 6.07) is 34.6. The Morgan fingerprint density at radius 1 is 0.706 bits per heavy atom. The Balaban J connectivity index is 1.36. The molecule has 0 amide bonds. The maximum absolute atomic E-state index is 13.5. The molecule has 5 rings (SSSR count). The van der Waals surface area contributed by atoms with Crippen LogP contribution in [0.5, 0.6) is 0 Å². The van der Waals surface area contributed by atoms with E-state index in [0.29, 0.717) is 11.1 Å². The molecule has 0 saturated heterocycles. The van der Waals surface area contributed by atoms with Gasteiger partial charge in [0.15, 0.2) is 6.10 Å². The zero-order valence-corrected chi connectivity index (χ0v) is 18.5. The summed E-state index contributed by atoms with van der Waals surface area (Å²) in [6.45, 7) is 0. The van der Waals surface area contributed by atoms with Gasteiger partial charge in [0, 0.05) is 28.2 Å². The van der Waals surface area contributed by atoms with Gasteiger partial charge in [-0.15, -0.1) is 0 Å². The number of esters is 1. The number of carbonyl (C=O) groups excluding carboxylic acids is 2. The third-order valence-electron chi connectivity index (χ3n) is 5.85. The Morgan fingerprint density at radius 3 is 2.06 bits per heavy atom. The lowest BCUT2D eigenvalue weighted by Gasteiger charge is -2.17. The van der Waals surface area contributed by atoms with Crippen molar-refractivity contribution in [2.24, 2.45) is 0 Å². The van der Waals surface area contributed by atoms with Gasteiger partial charge in [0.25, 0.3) is 0 Å². The van der Waals surface area contributed by atoms with Gasteiger partial charge in [0.2, 0.25) is 5.78 Å². The maximum Gasteiger partial charge on any atom is 0.311 e. The molecule has 4 aromatic carbocycles. The van der Waals surface area contributed by atoms with Crippen molar-refractivity contribution < 1.29 is 14.3 Å². The Kier molecular flexibility index (Phi) is 6.04. The van der Waals surface area contributed by atoms with Gasteiger partial charge in [0.1, 0.15) is 0 Å². The van der Waals surface area contributed by atoms with Crippen molar-refractivity contribution >= 4 is 22.7 Å². The second-order valence-corrected chi connectivity index (χ2v) is 8.13. The Morgan fingerprint density at radius 2 is 1.32 bits per heavy atom. The first-order valence-corrected chi connectivity index (χ1v) is 11.2. The molecule has 0 saturated carbocycles. The minimum absolute atomic E-state index is 0.0829. The molecule has 1 unspecified atom stereocenters. The Bertz CT molecular complexity index is 1420. The van der Waals surface area contributed by atoms with Crippen molar-refractivity contribution in [2.45, 2.75) is 12.5 Å². The molecule has 34 heavy (non-hydrogen) atoms. The zero-order chi connectivity index (χ0) is 23.3. The normalized spacial score (nSPS) is 11.8. The predicted molar refractivity (Wildman–Crippen MR) is 133 cm³/mol. The minimum Gasteiger partial charge on any atom is -0.449 e. The summed E-state index contributed by atoms with van der Waals surface area (Å²) in [6.07, 6.45) is 0.745. The second kappa shape index (κ2) is 9.59. The molecule has 5 aromatic rings. The fourth-order valence-corrected chi connectivity index (χ4v) is 4.10. The van der Waals surface area contributed by atoms with Crippen molar-refractivity contribution in [2.75, 3.05) is 0 Å². The number of hydrogen-bond acceptors (Lipinski definition) is 3. The van der Waals surface area contributed by atoms with E-state index < -0.39 is 12.1 Å². The van der Waals surface area contributed by atoms with Crippen LogP contribution < -0.4 is 0 Å². The third kappa shape index (κ3) is 4.52. The molecule has 0 radical (unpaired) electrons. The third-order valence-corrected chi connectivity index (χ3v) is 5.85. The van der Waals surface area contributed by atoms with Crippen molar-refractivity contribution in [3.05, 3.63) is 132 Å². The van der Waals surface area contributed by atoms with E-state index in [2.05, 4.69) is 4.98 Å². The number of H-pyrrole nitrogens is 1. The number of carbonyl (C=O) groups is 2. The molecule has 0 aliphatic carbocycles. The Labute approximate surface area is 197 Å². The lowest BCUT2D eigenvalue weighted by atomic mass is 9.99. The number of rotatable bonds is 7. The van der Waals surface area contributed by atoms with Crippen LogP contribution in [-0.2, 0) is 16.0 Å². The van der Waals surface area contributed by atoms with Crippen LogP contribution in [0.3, 0.4) is 0 Å². The highest BCUT2D eigenvalue weighted by atomic mass is 16.5. The molecule has 1 heterocycles.